The molecule has 0 amide bonds. The van der Waals surface area contributed by atoms with Crippen LogP contribution in [0.5, 0.6) is 0 Å². The van der Waals surface area contributed by atoms with Crippen molar-refractivity contribution in [3.8, 4) is 0 Å². The van der Waals surface area contributed by atoms with Gasteiger partial charge in [-0.15, -0.1) is 0 Å². The maximum absolute atomic E-state index is 3.61. The van der Waals surface area contributed by atoms with Gasteiger partial charge in [-0.3, -0.25) is 0 Å². The lowest BCUT2D eigenvalue weighted by Crippen LogP contribution is -2.55. The minimum atomic E-state index is 0.847. The Bertz CT molecular complexity index is 124. The first-order valence-corrected chi connectivity index (χ1v) is 4.78. The first-order valence-electron chi connectivity index (χ1n) is 4.78. The Morgan fingerprint density at radius 3 is 2.64 bits per heavy atom. The van der Waals surface area contributed by atoms with E-state index in [4.69, 9.17) is 0 Å². The van der Waals surface area contributed by atoms with E-state index in [-0.39, 0.29) is 0 Å². The van der Waals surface area contributed by atoms with E-state index in [0.29, 0.717) is 0 Å². The van der Waals surface area contributed by atoms with E-state index in [1.54, 1.807) is 0 Å². The highest BCUT2D eigenvalue weighted by Crippen LogP contribution is 2.22. The molecule has 0 aromatic rings. The predicted molar refractivity (Wildman–Crippen MR) is 46.6 cm³/mol. The molecule has 0 aromatic carbocycles. The lowest BCUT2D eigenvalue weighted by atomic mass is 9.87. The number of nitrogens with zero attached hydrogens (tertiary/aromatic N) is 1. The summed E-state index contributed by atoms with van der Waals surface area (Å²) in [4.78, 5) is 2.40. The fourth-order valence-electron chi connectivity index (χ4n) is 2.28. The molecule has 0 saturated carbocycles. The molecule has 2 fully saturated rings. The summed E-state index contributed by atoms with van der Waals surface area (Å²) in [7, 11) is 2.21. The summed E-state index contributed by atoms with van der Waals surface area (Å²) >= 11 is 0. The normalized spacial score (nSPS) is 35.2. The first-order chi connectivity index (χ1) is 5.36. The van der Waals surface area contributed by atoms with Gasteiger partial charge in [0.1, 0.15) is 0 Å². The number of piperidine rings is 1. The Balaban J connectivity index is 1.76. The van der Waals surface area contributed by atoms with Gasteiger partial charge >= 0.3 is 0 Å². The average Bonchev–Trinajstić information content (AvgIpc) is 2.01. The Labute approximate surface area is 69.0 Å². The maximum Gasteiger partial charge on any atom is 0.0120 e. The molecule has 1 unspecified atom stereocenters. The van der Waals surface area contributed by atoms with Crippen molar-refractivity contribution in [2.24, 2.45) is 5.92 Å². The Kier molecular flexibility index (Phi) is 2.14. The highest BCUT2D eigenvalue weighted by Gasteiger charge is 2.31. The van der Waals surface area contributed by atoms with Gasteiger partial charge in [0.05, 0.1) is 0 Å². The lowest BCUT2D eigenvalue weighted by Gasteiger charge is -2.43. The molecule has 2 nitrogen and oxygen atoms in total. The summed E-state index contributed by atoms with van der Waals surface area (Å²) in [6.07, 6.45) is 4.25. The quantitative estimate of drug-likeness (QED) is 0.598. The molecule has 2 heteroatoms. The molecule has 2 aliphatic rings. The number of likely N-dealkylation sites (tertiary alicyclic amines) is 1. The summed E-state index contributed by atoms with van der Waals surface area (Å²) in [5.41, 5.74) is 0. The SMILES string of the molecule is CN1CC(C2CCCCN2)C1. The van der Waals surface area contributed by atoms with E-state index in [0.717, 1.165) is 12.0 Å². The van der Waals surface area contributed by atoms with E-state index < -0.39 is 0 Å². The van der Waals surface area contributed by atoms with Crippen molar-refractivity contribution in [1.29, 1.82) is 0 Å². The molecule has 2 rings (SSSR count). The van der Waals surface area contributed by atoms with Crippen LogP contribution in [0.2, 0.25) is 0 Å². The zero-order valence-electron chi connectivity index (χ0n) is 7.34. The smallest absolute Gasteiger partial charge is 0.0120 e. The number of rotatable bonds is 1. The zero-order chi connectivity index (χ0) is 7.68. The highest BCUT2D eigenvalue weighted by atomic mass is 15.2. The van der Waals surface area contributed by atoms with Gasteiger partial charge in [-0.05, 0) is 32.4 Å². The van der Waals surface area contributed by atoms with E-state index in [1.165, 1.54) is 38.9 Å². The molecule has 0 aliphatic carbocycles. The van der Waals surface area contributed by atoms with Crippen LogP contribution in [0, 0.1) is 5.92 Å². The Hall–Kier alpha value is -0.0800. The van der Waals surface area contributed by atoms with Gasteiger partial charge in [0.15, 0.2) is 0 Å². The van der Waals surface area contributed by atoms with Crippen molar-refractivity contribution >= 4 is 0 Å². The van der Waals surface area contributed by atoms with Gasteiger partial charge in [-0.25, -0.2) is 0 Å². The lowest BCUT2D eigenvalue weighted by molar-refractivity contribution is 0.0886. The van der Waals surface area contributed by atoms with Gasteiger partial charge in [0.25, 0.3) is 0 Å². The summed E-state index contributed by atoms with van der Waals surface area (Å²) < 4.78 is 0. The van der Waals surface area contributed by atoms with Crippen LogP contribution in [0.3, 0.4) is 0 Å². The van der Waals surface area contributed by atoms with E-state index in [9.17, 15) is 0 Å². The summed E-state index contributed by atoms with van der Waals surface area (Å²) in [6.45, 7) is 3.89. The van der Waals surface area contributed by atoms with Crippen LogP contribution in [0.1, 0.15) is 19.3 Å². The van der Waals surface area contributed by atoms with Gasteiger partial charge in [0.2, 0.25) is 0 Å². The van der Waals surface area contributed by atoms with E-state index >= 15 is 0 Å². The minimum absolute atomic E-state index is 0.847. The predicted octanol–water partition coefficient (Wildman–Crippen LogP) is 0.690. The largest absolute Gasteiger partial charge is 0.314 e. The molecular formula is C9H18N2. The van der Waals surface area contributed by atoms with Crippen molar-refractivity contribution in [3.63, 3.8) is 0 Å². The minimum Gasteiger partial charge on any atom is -0.314 e. The molecule has 1 N–H and O–H groups in total. The van der Waals surface area contributed by atoms with Crippen molar-refractivity contribution < 1.29 is 0 Å². The van der Waals surface area contributed by atoms with Crippen LogP contribution in [0.25, 0.3) is 0 Å². The molecule has 2 saturated heterocycles. The van der Waals surface area contributed by atoms with Crippen LogP contribution in [-0.2, 0) is 0 Å². The van der Waals surface area contributed by atoms with Crippen molar-refractivity contribution in [2.45, 2.75) is 25.3 Å². The third-order valence-electron chi connectivity index (χ3n) is 3.01. The van der Waals surface area contributed by atoms with Crippen molar-refractivity contribution in [3.05, 3.63) is 0 Å². The summed E-state index contributed by atoms with van der Waals surface area (Å²) in [5, 5.41) is 3.61. The topological polar surface area (TPSA) is 15.3 Å². The maximum atomic E-state index is 3.61. The average molecular weight is 154 g/mol. The first kappa shape index (κ1) is 7.56. The number of hydrogen-bond acceptors (Lipinski definition) is 2. The molecular weight excluding hydrogens is 136 g/mol. The van der Waals surface area contributed by atoms with E-state index in [1.807, 2.05) is 0 Å². The molecule has 0 aromatic heterocycles. The number of nitrogens with one attached hydrogen (secondary N) is 1. The second-order valence-electron chi connectivity index (χ2n) is 4.04. The highest BCUT2D eigenvalue weighted by molar-refractivity contribution is 4.88. The standard InChI is InChI=1S/C9H18N2/c1-11-6-8(7-11)9-4-2-3-5-10-9/h8-10H,2-7H2,1H3. The third kappa shape index (κ3) is 1.57. The second kappa shape index (κ2) is 3.11. The van der Waals surface area contributed by atoms with Crippen molar-refractivity contribution in [2.75, 3.05) is 26.7 Å². The molecule has 0 spiro atoms. The summed E-state index contributed by atoms with van der Waals surface area (Å²) in [6, 6.07) is 0.847. The Morgan fingerprint density at radius 1 is 1.27 bits per heavy atom. The molecule has 1 atom stereocenters. The zero-order valence-corrected chi connectivity index (χ0v) is 7.34. The van der Waals surface area contributed by atoms with Gasteiger partial charge in [-0.1, -0.05) is 6.42 Å². The molecule has 2 aliphatic heterocycles. The molecule has 64 valence electrons. The van der Waals surface area contributed by atoms with Crippen LogP contribution in [0.15, 0.2) is 0 Å². The van der Waals surface area contributed by atoms with Gasteiger partial charge < -0.3 is 10.2 Å². The second-order valence-corrected chi connectivity index (χ2v) is 4.04. The number of hydrogen-bond donors (Lipinski definition) is 1. The van der Waals surface area contributed by atoms with Crippen LogP contribution in [-0.4, -0.2) is 37.6 Å². The van der Waals surface area contributed by atoms with Gasteiger partial charge in [0, 0.05) is 19.1 Å². The summed E-state index contributed by atoms with van der Waals surface area (Å²) in [5.74, 6) is 0.959. The third-order valence-corrected chi connectivity index (χ3v) is 3.01. The fraction of sp³-hybridized carbons (Fsp3) is 1.00. The monoisotopic (exact) mass is 154 g/mol. The van der Waals surface area contributed by atoms with E-state index in [2.05, 4.69) is 17.3 Å². The van der Waals surface area contributed by atoms with Gasteiger partial charge in [-0.2, -0.15) is 0 Å². The van der Waals surface area contributed by atoms with Crippen LogP contribution in [0.4, 0.5) is 0 Å². The molecule has 11 heavy (non-hydrogen) atoms. The van der Waals surface area contributed by atoms with Crippen molar-refractivity contribution in [1.82, 2.24) is 10.2 Å². The fourth-order valence-corrected chi connectivity index (χ4v) is 2.28. The van der Waals surface area contributed by atoms with Crippen LogP contribution < -0.4 is 5.32 Å². The van der Waals surface area contributed by atoms with Crippen LogP contribution >= 0.6 is 0 Å². The molecule has 0 bridgehead atoms. The molecule has 0 radical (unpaired) electrons. The Morgan fingerprint density at radius 2 is 2.09 bits per heavy atom. The molecule has 2 heterocycles.